The molecule has 2 atom stereocenters. The molecule has 0 saturated carbocycles. The van der Waals surface area contributed by atoms with Crippen molar-refractivity contribution in [2.75, 3.05) is 7.05 Å². The number of hydrogen-bond donors (Lipinski definition) is 0. The summed E-state index contributed by atoms with van der Waals surface area (Å²) in [4.78, 5) is 2.60. The van der Waals surface area contributed by atoms with Crippen molar-refractivity contribution in [1.29, 1.82) is 0 Å². The zero-order valence-electron chi connectivity index (χ0n) is 11.0. The second kappa shape index (κ2) is 7.28. The summed E-state index contributed by atoms with van der Waals surface area (Å²) in [6, 6.07) is 1.88. The van der Waals surface area contributed by atoms with Crippen LogP contribution in [0, 0.1) is 5.92 Å². The van der Waals surface area contributed by atoms with Crippen molar-refractivity contribution >= 4 is 0 Å². The van der Waals surface area contributed by atoms with Gasteiger partial charge in [-0.3, -0.25) is 0 Å². The van der Waals surface area contributed by atoms with Crippen LogP contribution in [0.2, 0.25) is 0 Å². The molecule has 2 aliphatic rings. The Labute approximate surface area is 90.9 Å². The third kappa shape index (κ3) is 3.27. The van der Waals surface area contributed by atoms with E-state index < -0.39 is 0 Å². The van der Waals surface area contributed by atoms with Crippen molar-refractivity contribution in [3.63, 3.8) is 0 Å². The van der Waals surface area contributed by atoms with Crippen LogP contribution in [0.25, 0.3) is 0 Å². The highest BCUT2D eigenvalue weighted by atomic mass is 15.2. The first-order valence-electron chi connectivity index (χ1n) is 6.49. The highest BCUT2D eigenvalue weighted by Gasteiger charge is 2.36. The smallest absolute Gasteiger partial charge is 0.00982 e. The largest absolute Gasteiger partial charge is 0.300 e. The Morgan fingerprint density at radius 3 is 1.57 bits per heavy atom. The third-order valence-electron chi connectivity index (χ3n) is 3.33. The van der Waals surface area contributed by atoms with Gasteiger partial charge in [-0.15, -0.1) is 0 Å². The summed E-state index contributed by atoms with van der Waals surface area (Å²) < 4.78 is 0. The molecule has 1 heteroatoms. The molecule has 0 aliphatic carbocycles. The standard InChI is InChI=1S/C9H17N.2C2H6/c1-7-5-8-3-4-9(6-7)10(8)2;2*1-2/h7-9H,3-6H2,1-2H3;2*1-2H3. The third-order valence-corrected chi connectivity index (χ3v) is 3.33. The first-order chi connectivity index (χ1) is 6.77. The van der Waals surface area contributed by atoms with Crippen LogP contribution < -0.4 is 0 Å². The van der Waals surface area contributed by atoms with Crippen molar-refractivity contribution in [1.82, 2.24) is 4.90 Å². The minimum Gasteiger partial charge on any atom is -0.300 e. The second-order valence-electron chi connectivity index (χ2n) is 4.13. The van der Waals surface area contributed by atoms with Crippen molar-refractivity contribution in [2.24, 2.45) is 5.92 Å². The SMILES string of the molecule is CC.CC.CC1CC2CCC(C1)N2C. The molecule has 0 radical (unpaired) electrons. The molecule has 0 aromatic rings. The maximum atomic E-state index is 2.60. The van der Waals surface area contributed by atoms with Crippen LogP contribution in [0.4, 0.5) is 0 Å². The number of rotatable bonds is 0. The van der Waals surface area contributed by atoms with Gasteiger partial charge in [0.25, 0.3) is 0 Å². The molecular formula is C13H29N. The van der Waals surface area contributed by atoms with Crippen molar-refractivity contribution < 1.29 is 0 Å². The number of fused-ring (bicyclic) bond motifs is 2. The molecule has 2 unspecified atom stereocenters. The summed E-state index contributed by atoms with van der Waals surface area (Å²) >= 11 is 0. The Balaban J connectivity index is 0.000000379. The molecule has 2 rings (SSSR count). The van der Waals surface area contributed by atoms with E-state index >= 15 is 0 Å². The van der Waals surface area contributed by atoms with Gasteiger partial charge in [-0.1, -0.05) is 34.6 Å². The second-order valence-corrected chi connectivity index (χ2v) is 4.13. The van der Waals surface area contributed by atoms with Gasteiger partial charge in [-0.05, 0) is 38.6 Å². The molecule has 2 heterocycles. The summed E-state index contributed by atoms with van der Waals surface area (Å²) in [5.41, 5.74) is 0. The summed E-state index contributed by atoms with van der Waals surface area (Å²) in [5.74, 6) is 0.994. The lowest BCUT2D eigenvalue weighted by Gasteiger charge is -2.34. The first-order valence-corrected chi connectivity index (χ1v) is 6.49. The van der Waals surface area contributed by atoms with Gasteiger partial charge in [0.05, 0.1) is 0 Å². The van der Waals surface area contributed by atoms with Crippen LogP contribution in [0.5, 0.6) is 0 Å². The zero-order valence-corrected chi connectivity index (χ0v) is 11.0. The van der Waals surface area contributed by atoms with Crippen LogP contribution >= 0.6 is 0 Å². The van der Waals surface area contributed by atoms with Crippen LogP contribution in [-0.4, -0.2) is 24.0 Å². The summed E-state index contributed by atoms with van der Waals surface area (Å²) in [5, 5.41) is 0. The minimum atomic E-state index is 0.939. The molecule has 0 spiro atoms. The number of nitrogens with zero attached hydrogens (tertiary/aromatic N) is 1. The lowest BCUT2D eigenvalue weighted by atomic mass is 9.93. The van der Waals surface area contributed by atoms with E-state index in [-0.39, 0.29) is 0 Å². The monoisotopic (exact) mass is 199 g/mol. The van der Waals surface area contributed by atoms with E-state index in [1.807, 2.05) is 27.7 Å². The van der Waals surface area contributed by atoms with Crippen molar-refractivity contribution in [3.05, 3.63) is 0 Å². The molecule has 1 nitrogen and oxygen atoms in total. The fraction of sp³-hybridized carbons (Fsp3) is 1.00. The minimum absolute atomic E-state index is 0.939. The molecule has 2 saturated heterocycles. The Morgan fingerprint density at radius 2 is 1.21 bits per heavy atom. The Hall–Kier alpha value is -0.0400. The Bertz CT molecular complexity index is 119. The molecule has 14 heavy (non-hydrogen) atoms. The van der Waals surface area contributed by atoms with Crippen LogP contribution in [0.1, 0.15) is 60.3 Å². The first kappa shape index (κ1) is 14.0. The maximum Gasteiger partial charge on any atom is 0.00982 e. The van der Waals surface area contributed by atoms with Gasteiger partial charge in [-0.25, -0.2) is 0 Å². The van der Waals surface area contributed by atoms with Gasteiger partial charge in [-0.2, -0.15) is 0 Å². The lowest BCUT2D eigenvalue weighted by molar-refractivity contribution is 0.142. The molecule has 2 bridgehead atoms. The predicted molar refractivity (Wildman–Crippen MR) is 65.7 cm³/mol. The molecule has 0 aromatic heterocycles. The number of hydrogen-bond acceptors (Lipinski definition) is 1. The number of piperidine rings is 1. The Kier molecular flexibility index (Phi) is 7.26. The lowest BCUT2D eigenvalue weighted by Crippen LogP contribution is -2.39. The van der Waals surface area contributed by atoms with Gasteiger partial charge >= 0.3 is 0 Å². The zero-order chi connectivity index (χ0) is 11.1. The van der Waals surface area contributed by atoms with Crippen molar-refractivity contribution in [2.45, 2.75) is 72.4 Å². The van der Waals surface area contributed by atoms with Crippen molar-refractivity contribution in [3.8, 4) is 0 Å². The van der Waals surface area contributed by atoms with E-state index in [2.05, 4.69) is 18.9 Å². The normalized spacial score (nSPS) is 35.1. The molecule has 2 fully saturated rings. The highest BCUT2D eigenvalue weighted by Crippen LogP contribution is 2.36. The maximum absolute atomic E-state index is 2.60. The fourth-order valence-corrected chi connectivity index (χ4v) is 2.68. The molecule has 2 aliphatic heterocycles. The van der Waals surface area contributed by atoms with E-state index in [0.717, 1.165) is 18.0 Å². The van der Waals surface area contributed by atoms with E-state index in [1.165, 1.54) is 25.7 Å². The predicted octanol–water partition coefficient (Wildman–Crippen LogP) is 3.93. The van der Waals surface area contributed by atoms with Crippen LogP contribution in [-0.2, 0) is 0 Å². The topological polar surface area (TPSA) is 3.24 Å². The fourth-order valence-electron chi connectivity index (χ4n) is 2.68. The van der Waals surface area contributed by atoms with Crippen LogP contribution in [0.15, 0.2) is 0 Å². The highest BCUT2D eigenvalue weighted by molar-refractivity contribution is 4.91. The molecule has 0 N–H and O–H groups in total. The van der Waals surface area contributed by atoms with Gasteiger partial charge in [0.2, 0.25) is 0 Å². The quantitative estimate of drug-likeness (QED) is 0.571. The van der Waals surface area contributed by atoms with E-state index in [1.54, 1.807) is 0 Å². The average molecular weight is 199 g/mol. The molecule has 86 valence electrons. The van der Waals surface area contributed by atoms with Gasteiger partial charge in [0.15, 0.2) is 0 Å². The van der Waals surface area contributed by atoms with Gasteiger partial charge < -0.3 is 4.90 Å². The van der Waals surface area contributed by atoms with E-state index in [4.69, 9.17) is 0 Å². The van der Waals surface area contributed by atoms with Gasteiger partial charge in [0, 0.05) is 12.1 Å². The molecule has 0 aromatic carbocycles. The van der Waals surface area contributed by atoms with E-state index in [9.17, 15) is 0 Å². The Morgan fingerprint density at radius 1 is 0.857 bits per heavy atom. The summed E-state index contributed by atoms with van der Waals surface area (Å²) in [6.45, 7) is 10.4. The molecular weight excluding hydrogens is 170 g/mol. The van der Waals surface area contributed by atoms with Gasteiger partial charge in [0.1, 0.15) is 0 Å². The summed E-state index contributed by atoms with van der Waals surface area (Å²) in [7, 11) is 2.30. The average Bonchev–Trinajstić information content (AvgIpc) is 2.46. The van der Waals surface area contributed by atoms with Crippen LogP contribution in [0.3, 0.4) is 0 Å². The molecule has 0 amide bonds. The van der Waals surface area contributed by atoms with E-state index in [0.29, 0.717) is 0 Å². The summed E-state index contributed by atoms with van der Waals surface area (Å²) in [6.07, 6.45) is 5.83.